The van der Waals surface area contributed by atoms with E-state index >= 15 is 0 Å². The maximum Gasteiger partial charge on any atom is 0.251 e. The van der Waals surface area contributed by atoms with Gasteiger partial charge in [-0.05, 0) is 12.5 Å². The number of carbonyl (C=O) groups excluding carboxylic acids is 1. The Morgan fingerprint density at radius 2 is 2.54 bits per heavy atom. The molecule has 0 aliphatic carbocycles. The van der Waals surface area contributed by atoms with Gasteiger partial charge in [-0.3, -0.25) is 9.69 Å². The number of amides is 1. The van der Waals surface area contributed by atoms with Crippen molar-refractivity contribution in [1.29, 1.82) is 0 Å². The third-order valence-corrected chi connectivity index (χ3v) is 3.17. The van der Waals surface area contributed by atoms with E-state index in [-0.39, 0.29) is 5.91 Å². The number of allylic oxidation sites excluding steroid dienone is 1. The van der Waals surface area contributed by atoms with Crippen LogP contribution in [0, 0.1) is 0 Å². The third-order valence-electron chi connectivity index (χ3n) is 1.74. The molecular weight excluding hydrogens is 202 g/mol. The number of thiocarbonyl (C=S) groups is 1. The van der Waals surface area contributed by atoms with Crippen LogP contribution in [0.15, 0.2) is 12.2 Å². The molecule has 1 amide bonds. The Hall–Kier alpha value is -0.350. The van der Waals surface area contributed by atoms with E-state index in [2.05, 4.69) is 6.92 Å². The summed E-state index contributed by atoms with van der Waals surface area (Å²) in [7, 11) is 0. The van der Waals surface area contributed by atoms with Crippen LogP contribution in [0.2, 0.25) is 0 Å². The summed E-state index contributed by atoms with van der Waals surface area (Å²) in [5.74, 6) is 0.968. The molecule has 1 fully saturated rings. The molecule has 2 nitrogen and oxygen atoms in total. The molecule has 0 N–H and O–H groups in total. The molecule has 13 heavy (non-hydrogen) atoms. The van der Waals surface area contributed by atoms with Gasteiger partial charge in [0.2, 0.25) is 0 Å². The molecule has 0 aromatic rings. The Morgan fingerprint density at radius 3 is 3.08 bits per heavy atom. The van der Waals surface area contributed by atoms with Crippen LogP contribution < -0.4 is 0 Å². The lowest BCUT2D eigenvalue weighted by Crippen LogP contribution is -2.28. The topological polar surface area (TPSA) is 20.3 Å². The zero-order valence-electron chi connectivity index (χ0n) is 7.66. The molecular formula is C9H13NOS2. The maximum atomic E-state index is 11.5. The van der Waals surface area contributed by atoms with E-state index in [1.807, 2.05) is 6.08 Å². The third kappa shape index (κ3) is 3.12. The summed E-state index contributed by atoms with van der Waals surface area (Å²) >= 11 is 6.61. The smallest absolute Gasteiger partial charge is 0.251 e. The highest BCUT2D eigenvalue weighted by molar-refractivity contribution is 8.23. The summed E-state index contributed by atoms with van der Waals surface area (Å²) < 4.78 is 0.714. The Balaban J connectivity index is 2.43. The number of carbonyl (C=O) groups is 1. The van der Waals surface area contributed by atoms with Gasteiger partial charge in [0.1, 0.15) is 4.32 Å². The van der Waals surface area contributed by atoms with Gasteiger partial charge in [-0.1, -0.05) is 43.4 Å². The summed E-state index contributed by atoms with van der Waals surface area (Å²) in [5, 5.41) is 0. The van der Waals surface area contributed by atoms with Crippen molar-refractivity contribution < 1.29 is 4.79 Å². The fourth-order valence-electron chi connectivity index (χ4n) is 1.03. The van der Waals surface area contributed by atoms with Crippen molar-refractivity contribution in [2.45, 2.75) is 19.8 Å². The normalized spacial score (nSPS) is 17.3. The van der Waals surface area contributed by atoms with Gasteiger partial charge >= 0.3 is 0 Å². The average molecular weight is 215 g/mol. The molecule has 0 aromatic carbocycles. The van der Waals surface area contributed by atoms with Crippen molar-refractivity contribution >= 4 is 34.2 Å². The molecule has 0 bridgehead atoms. The maximum absolute atomic E-state index is 11.5. The van der Waals surface area contributed by atoms with E-state index in [1.54, 1.807) is 22.7 Å². The van der Waals surface area contributed by atoms with Crippen LogP contribution in [0.5, 0.6) is 0 Å². The molecule has 0 radical (unpaired) electrons. The molecule has 1 heterocycles. The first-order chi connectivity index (χ1) is 6.25. The first-order valence-electron chi connectivity index (χ1n) is 4.40. The number of hydrogen-bond acceptors (Lipinski definition) is 3. The summed E-state index contributed by atoms with van der Waals surface area (Å²) in [6, 6.07) is 0. The zero-order valence-corrected chi connectivity index (χ0v) is 9.29. The minimum Gasteiger partial charge on any atom is -0.293 e. The quantitative estimate of drug-likeness (QED) is 0.532. The highest BCUT2D eigenvalue weighted by atomic mass is 32.2. The van der Waals surface area contributed by atoms with E-state index in [9.17, 15) is 4.79 Å². The van der Waals surface area contributed by atoms with Gasteiger partial charge < -0.3 is 0 Å². The van der Waals surface area contributed by atoms with Crippen LogP contribution in [0.1, 0.15) is 19.8 Å². The van der Waals surface area contributed by atoms with Gasteiger partial charge in [0.05, 0.1) is 0 Å². The summed E-state index contributed by atoms with van der Waals surface area (Å²) in [4.78, 5) is 13.1. The Labute approximate surface area is 88.4 Å². The molecule has 1 saturated heterocycles. The highest BCUT2D eigenvalue weighted by Gasteiger charge is 2.21. The van der Waals surface area contributed by atoms with Crippen molar-refractivity contribution in [3.8, 4) is 0 Å². The molecule has 4 heteroatoms. The Kier molecular flexibility index (Phi) is 4.45. The van der Waals surface area contributed by atoms with Gasteiger partial charge in [0, 0.05) is 12.3 Å². The summed E-state index contributed by atoms with van der Waals surface area (Å²) in [5.41, 5.74) is 0. The second-order valence-electron chi connectivity index (χ2n) is 2.80. The fourth-order valence-corrected chi connectivity index (χ4v) is 2.25. The first kappa shape index (κ1) is 10.7. The highest BCUT2D eigenvalue weighted by Crippen LogP contribution is 2.17. The first-order valence-corrected chi connectivity index (χ1v) is 5.80. The van der Waals surface area contributed by atoms with E-state index in [4.69, 9.17) is 12.2 Å². The summed E-state index contributed by atoms with van der Waals surface area (Å²) in [6.07, 6.45) is 5.57. The Morgan fingerprint density at radius 1 is 1.77 bits per heavy atom. The van der Waals surface area contributed by atoms with Crippen molar-refractivity contribution in [1.82, 2.24) is 4.90 Å². The lowest BCUT2D eigenvalue weighted by molar-refractivity contribution is -0.121. The van der Waals surface area contributed by atoms with Crippen LogP contribution in [0.3, 0.4) is 0 Å². The molecule has 72 valence electrons. The zero-order chi connectivity index (χ0) is 9.68. The minimum absolute atomic E-state index is 0.0310. The SMILES string of the molecule is CCC/C=C/C(=O)N1CCSC1=S. The number of unbranched alkanes of at least 4 members (excludes halogenated alkanes) is 1. The van der Waals surface area contributed by atoms with Crippen molar-refractivity contribution in [2.75, 3.05) is 12.3 Å². The van der Waals surface area contributed by atoms with Gasteiger partial charge in [-0.2, -0.15) is 0 Å². The number of rotatable bonds is 3. The monoisotopic (exact) mass is 215 g/mol. The summed E-state index contributed by atoms with van der Waals surface area (Å²) in [6.45, 7) is 2.85. The van der Waals surface area contributed by atoms with Crippen molar-refractivity contribution in [2.24, 2.45) is 0 Å². The van der Waals surface area contributed by atoms with E-state index in [0.717, 1.165) is 25.1 Å². The lowest BCUT2D eigenvalue weighted by Gasteiger charge is -2.10. The average Bonchev–Trinajstić information content (AvgIpc) is 2.52. The van der Waals surface area contributed by atoms with Crippen LogP contribution >= 0.6 is 24.0 Å². The van der Waals surface area contributed by atoms with E-state index in [1.165, 1.54) is 0 Å². The predicted molar refractivity (Wildman–Crippen MR) is 60.8 cm³/mol. The van der Waals surface area contributed by atoms with Crippen LogP contribution in [0.25, 0.3) is 0 Å². The van der Waals surface area contributed by atoms with Gasteiger partial charge in [0.25, 0.3) is 5.91 Å². The van der Waals surface area contributed by atoms with Gasteiger partial charge in [-0.15, -0.1) is 0 Å². The second-order valence-corrected chi connectivity index (χ2v) is 4.52. The molecule has 0 atom stereocenters. The standard InChI is InChI=1S/C9H13NOS2/c1-2-3-4-5-8(11)10-6-7-13-9(10)12/h4-5H,2-3,6-7H2,1H3/b5-4+. The molecule has 0 saturated carbocycles. The van der Waals surface area contributed by atoms with Crippen LogP contribution in [0.4, 0.5) is 0 Å². The number of thioether (sulfide) groups is 1. The van der Waals surface area contributed by atoms with Crippen LogP contribution in [-0.2, 0) is 4.79 Å². The second kappa shape index (κ2) is 5.40. The van der Waals surface area contributed by atoms with Crippen molar-refractivity contribution in [3.63, 3.8) is 0 Å². The lowest BCUT2D eigenvalue weighted by atomic mass is 10.3. The van der Waals surface area contributed by atoms with Crippen molar-refractivity contribution in [3.05, 3.63) is 12.2 Å². The molecule has 0 aromatic heterocycles. The molecule has 1 aliphatic heterocycles. The number of nitrogens with zero attached hydrogens (tertiary/aromatic N) is 1. The van der Waals surface area contributed by atoms with E-state index in [0.29, 0.717) is 4.32 Å². The molecule has 0 spiro atoms. The molecule has 0 unspecified atom stereocenters. The fraction of sp³-hybridized carbons (Fsp3) is 0.556. The Bertz CT molecular complexity index is 238. The molecule has 1 rings (SSSR count). The predicted octanol–water partition coefficient (Wildman–Crippen LogP) is 2.20. The molecule has 1 aliphatic rings. The van der Waals surface area contributed by atoms with Gasteiger partial charge in [-0.25, -0.2) is 0 Å². The van der Waals surface area contributed by atoms with Crippen LogP contribution in [-0.4, -0.2) is 27.4 Å². The largest absolute Gasteiger partial charge is 0.293 e. The van der Waals surface area contributed by atoms with E-state index < -0.39 is 0 Å². The van der Waals surface area contributed by atoms with Gasteiger partial charge in [0.15, 0.2) is 0 Å². The minimum atomic E-state index is 0.0310. The number of hydrogen-bond donors (Lipinski definition) is 0.